The van der Waals surface area contributed by atoms with Crippen molar-refractivity contribution in [2.45, 2.75) is 23.5 Å². The summed E-state index contributed by atoms with van der Waals surface area (Å²) in [6, 6.07) is 10.00. The van der Waals surface area contributed by atoms with Crippen molar-refractivity contribution in [2.24, 2.45) is 5.10 Å². The third-order valence-corrected chi connectivity index (χ3v) is 5.16. The number of hydrogen-bond donors (Lipinski definition) is 0. The van der Waals surface area contributed by atoms with E-state index in [1.54, 1.807) is 0 Å². The van der Waals surface area contributed by atoms with E-state index in [-0.39, 0.29) is 10.6 Å². The summed E-state index contributed by atoms with van der Waals surface area (Å²) in [6.45, 7) is 0. The fourth-order valence-electron chi connectivity index (χ4n) is 2.74. The SMILES string of the molecule is CS(=O)(=O)c1ccc(C2CC(C(F)(F)F)=NN2c2ccccc2F)cc1. The maximum Gasteiger partial charge on any atom is 0.431 e. The van der Waals surface area contributed by atoms with Crippen molar-refractivity contribution in [3.63, 3.8) is 0 Å². The standard InChI is InChI=1S/C17H14F4N2O2S/c1-26(24,25)12-8-6-11(7-9-12)15-10-16(17(19,20)21)22-23(15)14-5-3-2-4-13(14)18/h2-9,15H,10H2,1H3. The van der Waals surface area contributed by atoms with Gasteiger partial charge >= 0.3 is 6.18 Å². The molecule has 0 amide bonds. The van der Waals surface area contributed by atoms with Crippen molar-refractivity contribution in [3.05, 3.63) is 59.9 Å². The van der Waals surface area contributed by atoms with E-state index in [0.29, 0.717) is 5.56 Å². The number of para-hydroxylation sites is 1. The summed E-state index contributed by atoms with van der Waals surface area (Å²) in [4.78, 5) is 0.0497. The summed E-state index contributed by atoms with van der Waals surface area (Å²) in [5.74, 6) is -0.697. The Hall–Kier alpha value is -2.42. The first kappa shape index (κ1) is 18.4. The van der Waals surface area contributed by atoms with Crippen LogP contribution in [0, 0.1) is 5.82 Å². The molecule has 1 heterocycles. The first-order chi connectivity index (χ1) is 12.1. The molecule has 0 radical (unpaired) electrons. The van der Waals surface area contributed by atoms with Gasteiger partial charge < -0.3 is 0 Å². The minimum absolute atomic E-state index is 0.0497. The predicted molar refractivity (Wildman–Crippen MR) is 89.3 cm³/mol. The van der Waals surface area contributed by atoms with E-state index < -0.39 is 40.0 Å². The predicted octanol–water partition coefficient (Wildman–Crippen LogP) is 4.10. The van der Waals surface area contributed by atoms with Crippen LogP contribution in [0.15, 0.2) is 58.5 Å². The molecule has 0 fully saturated rings. The van der Waals surface area contributed by atoms with E-state index in [1.165, 1.54) is 42.5 Å². The zero-order valence-electron chi connectivity index (χ0n) is 13.5. The quantitative estimate of drug-likeness (QED) is 0.747. The summed E-state index contributed by atoms with van der Waals surface area (Å²) < 4.78 is 76.6. The molecule has 0 saturated carbocycles. The van der Waals surface area contributed by atoms with Gasteiger partial charge in [-0.05, 0) is 29.8 Å². The van der Waals surface area contributed by atoms with Gasteiger partial charge in [-0.25, -0.2) is 12.8 Å². The minimum atomic E-state index is -4.63. The van der Waals surface area contributed by atoms with Crippen molar-refractivity contribution in [3.8, 4) is 0 Å². The van der Waals surface area contributed by atoms with Crippen molar-refractivity contribution in [2.75, 3.05) is 11.3 Å². The highest BCUT2D eigenvalue weighted by Gasteiger charge is 2.44. The summed E-state index contributed by atoms with van der Waals surface area (Å²) in [5.41, 5.74) is -0.689. The number of benzene rings is 2. The topological polar surface area (TPSA) is 49.7 Å². The fourth-order valence-corrected chi connectivity index (χ4v) is 3.37. The van der Waals surface area contributed by atoms with Gasteiger partial charge in [0.25, 0.3) is 0 Å². The summed E-state index contributed by atoms with van der Waals surface area (Å²) >= 11 is 0. The molecule has 0 N–H and O–H groups in total. The van der Waals surface area contributed by atoms with Crippen molar-refractivity contribution >= 4 is 21.2 Å². The second-order valence-electron chi connectivity index (χ2n) is 5.90. The van der Waals surface area contributed by atoms with Crippen LogP contribution in [0.3, 0.4) is 0 Å². The molecule has 3 rings (SSSR count). The average molecular weight is 386 g/mol. The zero-order valence-corrected chi connectivity index (χ0v) is 14.4. The van der Waals surface area contributed by atoms with Gasteiger partial charge in [0.05, 0.1) is 16.6 Å². The molecule has 26 heavy (non-hydrogen) atoms. The lowest BCUT2D eigenvalue weighted by Crippen LogP contribution is -2.21. The molecule has 0 aromatic heterocycles. The number of nitrogens with zero attached hydrogens (tertiary/aromatic N) is 2. The Morgan fingerprint density at radius 3 is 2.23 bits per heavy atom. The Morgan fingerprint density at radius 1 is 1.08 bits per heavy atom. The van der Waals surface area contributed by atoms with E-state index in [9.17, 15) is 26.0 Å². The fraction of sp³-hybridized carbons (Fsp3) is 0.235. The first-order valence-corrected chi connectivity index (χ1v) is 9.45. The smallest absolute Gasteiger partial charge is 0.254 e. The van der Waals surface area contributed by atoms with Gasteiger partial charge in [-0.3, -0.25) is 5.01 Å². The summed E-state index contributed by atoms with van der Waals surface area (Å²) in [5, 5.41) is 4.58. The van der Waals surface area contributed by atoms with Crippen LogP contribution in [0.2, 0.25) is 0 Å². The van der Waals surface area contributed by atoms with E-state index in [1.807, 2.05) is 0 Å². The van der Waals surface area contributed by atoms with E-state index >= 15 is 0 Å². The van der Waals surface area contributed by atoms with Gasteiger partial charge in [-0.15, -0.1) is 0 Å². The maximum absolute atomic E-state index is 14.1. The van der Waals surface area contributed by atoms with Gasteiger partial charge in [0.15, 0.2) is 9.84 Å². The minimum Gasteiger partial charge on any atom is -0.254 e. The number of hydrazone groups is 1. The average Bonchev–Trinajstić information content (AvgIpc) is 3.00. The molecule has 0 aliphatic carbocycles. The van der Waals surface area contributed by atoms with Crippen LogP contribution in [-0.2, 0) is 9.84 Å². The van der Waals surface area contributed by atoms with Gasteiger partial charge in [-0.2, -0.15) is 18.3 Å². The van der Waals surface area contributed by atoms with Crippen LogP contribution in [0.4, 0.5) is 23.2 Å². The number of anilines is 1. The lowest BCUT2D eigenvalue weighted by atomic mass is 10.0. The van der Waals surface area contributed by atoms with Crippen LogP contribution in [0.1, 0.15) is 18.0 Å². The largest absolute Gasteiger partial charge is 0.431 e. The normalized spacial score (nSPS) is 18.1. The lowest BCUT2D eigenvalue weighted by molar-refractivity contribution is -0.0600. The molecule has 1 unspecified atom stereocenters. The molecule has 138 valence electrons. The molecule has 4 nitrogen and oxygen atoms in total. The van der Waals surface area contributed by atoms with Crippen LogP contribution in [0.5, 0.6) is 0 Å². The first-order valence-electron chi connectivity index (χ1n) is 7.56. The van der Waals surface area contributed by atoms with Crippen molar-refractivity contribution in [1.29, 1.82) is 0 Å². The molecule has 2 aromatic rings. The highest BCUT2D eigenvalue weighted by Crippen LogP contribution is 2.40. The highest BCUT2D eigenvalue weighted by molar-refractivity contribution is 7.90. The summed E-state index contributed by atoms with van der Waals surface area (Å²) in [6.07, 6.45) is -4.06. The summed E-state index contributed by atoms with van der Waals surface area (Å²) in [7, 11) is -3.43. The van der Waals surface area contributed by atoms with Crippen molar-refractivity contribution < 1.29 is 26.0 Å². The van der Waals surface area contributed by atoms with Gasteiger partial charge in [-0.1, -0.05) is 24.3 Å². The zero-order chi connectivity index (χ0) is 19.1. The molecule has 9 heteroatoms. The van der Waals surface area contributed by atoms with Gasteiger partial charge in [0.2, 0.25) is 0 Å². The molecule has 1 aliphatic rings. The third kappa shape index (κ3) is 3.57. The van der Waals surface area contributed by atoms with Crippen LogP contribution in [-0.4, -0.2) is 26.6 Å². The van der Waals surface area contributed by atoms with E-state index in [4.69, 9.17) is 0 Å². The lowest BCUT2D eigenvalue weighted by Gasteiger charge is -2.24. The molecule has 1 aliphatic heterocycles. The van der Waals surface area contributed by atoms with E-state index in [0.717, 1.165) is 17.3 Å². The number of rotatable bonds is 3. The molecular weight excluding hydrogens is 372 g/mol. The Kier molecular flexibility index (Phi) is 4.51. The molecular formula is C17H14F4N2O2S. The second kappa shape index (κ2) is 6.39. The number of alkyl halides is 3. The Morgan fingerprint density at radius 2 is 1.69 bits per heavy atom. The van der Waals surface area contributed by atoms with Crippen LogP contribution >= 0.6 is 0 Å². The highest BCUT2D eigenvalue weighted by atomic mass is 32.2. The number of hydrogen-bond acceptors (Lipinski definition) is 4. The van der Waals surface area contributed by atoms with Gasteiger partial charge in [0.1, 0.15) is 11.5 Å². The molecule has 2 aromatic carbocycles. The van der Waals surface area contributed by atoms with Gasteiger partial charge in [0, 0.05) is 12.7 Å². The van der Waals surface area contributed by atoms with E-state index in [2.05, 4.69) is 5.10 Å². The third-order valence-electron chi connectivity index (χ3n) is 4.03. The van der Waals surface area contributed by atoms with Crippen LogP contribution < -0.4 is 5.01 Å². The Labute approximate surface area is 147 Å². The molecule has 0 spiro atoms. The molecule has 0 bridgehead atoms. The Bertz CT molecular complexity index is 953. The molecule has 1 atom stereocenters. The van der Waals surface area contributed by atoms with Crippen LogP contribution in [0.25, 0.3) is 0 Å². The second-order valence-corrected chi connectivity index (χ2v) is 7.92. The van der Waals surface area contributed by atoms with Crippen molar-refractivity contribution in [1.82, 2.24) is 0 Å². The number of halogens is 4. The monoisotopic (exact) mass is 386 g/mol. The number of sulfone groups is 1. The Balaban J connectivity index is 2.03. The maximum atomic E-state index is 14.1. The molecule has 0 saturated heterocycles.